The number of ether oxygens (including phenoxy) is 2. The number of nitrogens with one attached hydrogen (secondary N) is 1. The van der Waals surface area contributed by atoms with Crippen molar-refractivity contribution in [3.05, 3.63) is 60.8 Å². The molecule has 0 aromatic rings. The van der Waals surface area contributed by atoms with Crippen LogP contribution < -0.4 is 5.32 Å². The Bertz CT molecular complexity index is 1180. The molecule has 0 bridgehead atoms. The summed E-state index contributed by atoms with van der Waals surface area (Å²) in [5.74, 6) is -0.206. The second-order valence-corrected chi connectivity index (χ2v) is 18.3. The molecule has 0 aromatic carbocycles. The van der Waals surface area contributed by atoms with Crippen LogP contribution in [0.4, 0.5) is 0 Å². The molecule has 0 aromatic heterocycles. The molecule has 372 valence electrons. The molecular weight excluding hydrogens is 803 g/mol. The summed E-state index contributed by atoms with van der Waals surface area (Å²) in [6, 6.07) is -0.837. The minimum absolute atomic E-state index is 0.206. The van der Waals surface area contributed by atoms with Gasteiger partial charge in [0.15, 0.2) is 6.29 Å². The number of hydrogen-bond acceptors (Lipinski definition) is 8. The molecule has 0 radical (unpaired) electrons. The molecule has 1 amide bonds. The van der Waals surface area contributed by atoms with Crippen LogP contribution in [0.3, 0.4) is 0 Å². The van der Waals surface area contributed by atoms with Gasteiger partial charge in [0.2, 0.25) is 5.91 Å². The summed E-state index contributed by atoms with van der Waals surface area (Å²) in [7, 11) is 0. The number of unbranched alkanes of at least 4 members (excludes halogenated alkanes) is 26. The zero-order valence-corrected chi connectivity index (χ0v) is 41.0. The predicted molar refractivity (Wildman–Crippen MR) is 267 cm³/mol. The molecule has 9 nitrogen and oxygen atoms in total. The van der Waals surface area contributed by atoms with E-state index in [9.17, 15) is 30.3 Å². The maximum atomic E-state index is 13.0. The van der Waals surface area contributed by atoms with Crippen LogP contribution in [0.1, 0.15) is 226 Å². The van der Waals surface area contributed by atoms with E-state index in [0.717, 1.165) is 70.6 Å². The lowest BCUT2D eigenvalue weighted by Gasteiger charge is -2.40. The molecule has 1 saturated heterocycles. The predicted octanol–water partition coefficient (Wildman–Crippen LogP) is 12.3. The van der Waals surface area contributed by atoms with Gasteiger partial charge in [-0.25, -0.2) is 0 Å². The highest BCUT2D eigenvalue weighted by Gasteiger charge is 2.44. The van der Waals surface area contributed by atoms with Crippen molar-refractivity contribution in [3.63, 3.8) is 0 Å². The lowest BCUT2D eigenvalue weighted by molar-refractivity contribution is -0.302. The highest BCUT2D eigenvalue weighted by Crippen LogP contribution is 2.23. The molecule has 7 unspecified atom stereocenters. The lowest BCUT2D eigenvalue weighted by atomic mass is 9.99. The Morgan fingerprint density at radius 2 is 0.938 bits per heavy atom. The number of aliphatic hydroxyl groups excluding tert-OH is 5. The van der Waals surface area contributed by atoms with Crippen molar-refractivity contribution < 1.29 is 39.8 Å². The first-order valence-corrected chi connectivity index (χ1v) is 26.5. The molecule has 64 heavy (non-hydrogen) atoms. The van der Waals surface area contributed by atoms with Gasteiger partial charge in [-0.05, 0) is 77.0 Å². The third-order valence-electron chi connectivity index (χ3n) is 12.3. The van der Waals surface area contributed by atoms with Crippen LogP contribution in [0.25, 0.3) is 0 Å². The van der Waals surface area contributed by atoms with Crippen molar-refractivity contribution in [2.45, 2.75) is 269 Å². The zero-order valence-electron chi connectivity index (χ0n) is 41.0. The first-order valence-electron chi connectivity index (χ1n) is 26.5. The standard InChI is InChI=1S/C55H99NO8/c1-3-5-7-9-11-13-15-17-19-20-21-22-23-24-25-26-27-28-29-31-32-34-36-38-40-42-44-49(58)48(47-63-55-54(62)53(61)52(60)50(46-57)64-55)56-51(59)45-43-41-39-37-35-33-30-18-16-14-12-10-8-6-4-2/h12,14,18,28-30,34,36,42,44,48-50,52-55,57-58,60-62H,3-11,13,15-17,19-27,31-33,35,37-41,43,45-47H2,1-2H3,(H,56,59)/b14-12-,29-28+,30-18-,36-34+,44-42+. The Morgan fingerprint density at radius 1 is 0.531 bits per heavy atom. The number of carbonyl (C=O) groups excluding carboxylic acids is 1. The largest absolute Gasteiger partial charge is 0.394 e. The number of aliphatic hydroxyl groups is 5. The number of hydrogen-bond donors (Lipinski definition) is 6. The molecule has 0 spiro atoms. The van der Waals surface area contributed by atoms with Crippen LogP contribution in [0.15, 0.2) is 60.8 Å². The van der Waals surface area contributed by atoms with Crippen molar-refractivity contribution in [1.82, 2.24) is 5.32 Å². The highest BCUT2D eigenvalue weighted by molar-refractivity contribution is 5.76. The maximum absolute atomic E-state index is 13.0. The summed E-state index contributed by atoms with van der Waals surface area (Å²) in [6.45, 7) is 3.72. The van der Waals surface area contributed by atoms with Crippen LogP contribution in [0.2, 0.25) is 0 Å². The number of amides is 1. The summed E-state index contributed by atoms with van der Waals surface area (Å²) < 4.78 is 11.2. The molecule has 0 saturated carbocycles. The van der Waals surface area contributed by atoms with Gasteiger partial charge in [-0.3, -0.25) is 4.79 Å². The van der Waals surface area contributed by atoms with Gasteiger partial charge in [-0.2, -0.15) is 0 Å². The Labute approximate surface area is 392 Å². The Kier molecular flexibility index (Phi) is 41.9. The van der Waals surface area contributed by atoms with Crippen molar-refractivity contribution in [2.75, 3.05) is 13.2 Å². The Morgan fingerprint density at radius 3 is 1.44 bits per heavy atom. The molecule has 1 aliphatic heterocycles. The van der Waals surface area contributed by atoms with Crippen LogP contribution in [-0.2, 0) is 14.3 Å². The van der Waals surface area contributed by atoms with E-state index in [1.165, 1.54) is 135 Å². The molecule has 6 N–H and O–H groups in total. The van der Waals surface area contributed by atoms with Crippen LogP contribution >= 0.6 is 0 Å². The van der Waals surface area contributed by atoms with Crippen molar-refractivity contribution in [1.29, 1.82) is 0 Å². The second-order valence-electron chi connectivity index (χ2n) is 18.3. The lowest BCUT2D eigenvalue weighted by Crippen LogP contribution is -2.60. The monoisotopic (exact) mass is 902 g/mol. The van der Waals surface area contributed by atoms with Gasteiger partial charge in [0.1, 0.15) is 24.4 Å². The fraction of sp³-hybridized carbons (Fsp3) is 0.800. The normalized spacial score (nSPS) is 20.5. The van der Waals surface area contributed by atoms with Gasteiger partial charge in [-0.15, -0.1) is 0 Å². The number of carbonyl (C=O) groups is 1. The van der Waals surface area contributed by atoms with Crippen molar-refractivity contribution >= 4 is 5.91 Å². The van der Waals surface area contributed by atoms with Crippen LogP contribution in [0, 0.1) is 0 Å². The van der Waals surface area contributed by atoms with Gasteiger partial charge in [-0.1, -0.05) is 203 Å². The van der Waals surface area contributed by atoms with E-state index in [1.54, 1.807) is 6.08 Å². The van der Waals surface area contributed by atoms with E-state index < -0.39 is 49.5 Å². The zero-order chi connectivity index (χ0) is 46.6. The van der Waals surface area contributed by atoms with Gasteiger partial charge in [0.25, 0.3) is 0 Å². The molecule has 1 aliphatic rings. The van der Waals surface area contributed by atoms with E-state index in [4.69, 9.17) is 9.47 Å². The first-order chi connectivity index (χ1) is 31.3. The summed E-state index contributed by atoms with van der Waals surface area (Å²) >= 11 is 0. The third kappa shape index (κ3) is 34.2. The summed E-state index contributed by atoms with van der Waals surface area (Å²) in [5, 5.41) is 54.3. The SMILES string of the molecule is CCCCC/C=C\C/C=C\CCCCCCCC(=O)NC(COC1OC(CO)C(O)C(O)C1O)C(O)/C=C/CC/C=C/CC/C=C/CCCCCCCCCCCCCCCCCC. The smallest absolute Gasteiger partial charge is 0.220 e. The summed E-state index contributed by atoms with van der Waals surface area (Å²) in [4.78, 5) is 13.0. The van der Waals surface area contributed by atoms with Gasteiger partial charge in [0, 0.05) is 6.42 Å². The second kappa shape index (κ2) is 44.7. The average molecular weight is 902 g/mol. The molecule has 1 fully saturated rings. The Hall–Kier alpha value is -2.11. The minimum Gasteiger partial charge on any atom is -0.394 e. The summed E-state index contributed by atoms with van der Waals surface area (Å²) in [6.07, 6.45) is 52.8. The van der Waals surface area contributed by atoms with E-state index in [1.807, 2.05) is 6.08 Å². The van der Waals surface area contributed by atoms with Gasteiger partial charge >= 0.3 is 0 Å². The highest BCUT2D eigenvalue weighted by atomic mass is 16.7. The van der Waals surface area contributed by atoms with Crippen LogP contribution in [0.5, 0.6) is 0 Å². The Balaban J connectivity index is 2.31. The number of rotatable bonds is 44. The maximum Gasteiger partial charge on any atom is 0.220 e. The minimum atomic E-state index is -1.58. The van der Waals surface area contributed by atoms with E-state index in [0.29, 0.717) is 6.42 Å². The summed E-state index contributed by atoms with van der Waals surface area (Å²) in [5.41, 5.74) is 0. The third-order valence-corrected chi connectivity index (χ3v) is 12.3. The quantitative estimate of drug-likeness (QED) is 0.0262. The molecule has 9 heteroatoms. The molecule has 1 rings (SSSR count). The number of allylic oxidation sites excluding steroid dienone is 9. The van der Waals surface area contributed by atoms with Crippen molar-refractivity contribution in [3.8, 4) is 0 Å². The van der Waals surface area contributed by atoms with Gasteiger partial charge in [0.05, 0.1) is 25.4 Å². The molecule has 1 heterocycles. The fourth-order valence-corrected chi connectivity index (χ4v) is 8.04. The van der Waals surface area contributed by atoms with E-state index in [-0.39, 0.29) is 12.5 Å². The first kappa shape index (κ1) is 59.9. The molecule has 7 atom stereocenters. The molecule has 0 aliphatic carbocycles. The molecular formula is C55H99NO8. The van der Waals surface area contributed by atoms with Crippen molar-refractivity contribution in [2.24, 2.45) is 0 Å². The average Bonchev–Trinajstić information content (AvgIpc) is 3.29. The topological polar surface area (TPSA) is 149 Å². The fourth-order valence-electron chi connectivity index (χ4n) is 8.04. The van der Waals surface area contributed by atoms with E-state index in [2.05, 4.69) is 67.8 Å². The van der Waals surface area contributed by atoms with E-state index >= 15 is 0 Å². The van der Waals surface area contributed by atoms with Gasteiger partial charge < -0.3 is 40.3 Å². The van der Waals surface area contributed by atoms with Crippen LogP contribution in [-0.4, -0.2) is 87.5 Å².